The topological polar surface area (TPSA) is 85.2 Å². The van der Waals surface area contributed by atoms with E-state index in [-0.39, 0.29) is 5.75 Å². The molecule has 0 aliphatic carbocycles. The van der Waals surface area contributed by atoms with Crippen molar-refractivity contribution in [2.24, 2.45) is 0 Å². The van der Waals surface area contributed by atoms with Crippen molar-refractivity contribution < 1.29 is 14.0 Å². The van der Waals surface area contributed by atoms with Gasteiger partial charge in [0.15, 0.2) is 0 Å². The third-order valence-electron chi connectivity index (χ3n) is 3.12. The van der Waals surface area contributed by atoms with E-state index < -0.39 is 0 Å². The van der Waals surface area contributed by atoms with E-state index in [1.807, 2.05) is 24.3 Å². The molecule has 0 spiro atoms. The molecule has 0 aliphatic heterocycles. The highest BCUT2D eigenvalue weighted by molar-refractivity contribution is 5.92. The standard InChI is InChI=1S/C15H9N3O3/c19-10-5-9(6-16-7-10)15-17-14(18-21-15)12-8-20-13-4-2-1-3-11(12)13/h1-8,19H. The summed E-state index contributed by atoms with van der Waals surface area (Å²) in [5.74, 6) is 0.762. The Labute approximate surface area is 118 Å². The van der Waals surface area contributed by atoms with Gasteiger partial charge in [-0.3, -0.25) is 4.98 Å². The van der Waals surface area contributed by atoms with E-state index in [1.165, 1.54) is 12.3 Å². The van der Waals surface area contributed by atoms with Crippen molar-refractivity contribution in [1.82, 2.24) is 15.1 Å². The highest BCUT2D eigenvalue weighted by Crippen LogP contribution is 2.30. The van der Waals surface area contributed by atoms with E-state index in [2.05, 4.69) is 15.1 Å². The van der Waals surface area contributed by atoms with Crippen LogP contribution in [0.5, 0.6) is 5.75 Å². The summed E-state index contributed by atoms with van der Waals surface area (Å²) in [5, 5.41) is 14.3. The Bertz CT molecular complexity index is 926. The van der Waals surface area contributed by atoms with E-state index in [0.29, 0.717) is 17.3 Å². The Morgan fingerprint density at radius 2 is 2.00 bits per heavy atom. The van der Waals surface area contributed by atoms with Crippen LogP contribution in [0, 0.1) is 0 Å². The van der Waals surface area contributed by atoms with Crippen LogP contribution in [0.3, 0.4) is 0 Å². The molecule has 1 aromatic carbocycles. The van der Waals surface area contributed by atoms with Gasteiger partial charge in [0.2, 0.25) is 5.82 Å². The van der Waals surface area contributed by atoms with Crippen LogP contribution in [0.1, 0.15) is 0 Å². The largest absolute Gasteiger partial charge is 0.506 e. The van der Waals surface area contributed by atoms with Gasteiger partial charge in [0, 0.05) is 11.6 Å². The molecule has 0 aliphatic rings. The molecule has 102 valence electrons. The minimum Gasteiger partial charge on any atom is -0.506 e. The zero-order valence-electron chi connectivity index (χ0n) is 10.7. The maximum absolute atomic E-state index is 9.44. The Kier molecular flexibility index (Phi) is 2.47. The highest BCUT2D eigenvalue weighted by atomic mass is 16.5. The van der Waals surface area contributed by atoms with Crippen molar-refractivity contribution in [3.63, 3.8) is 0 Å². The maximum Gasteiger partial charge on any atom is 0.259 e. The molecule has 0 amide bonds. The third kappa shape index (κ3) is 1.93. The van der Waals surface area contributed by atoms with E-state index in [9.17, 15) is 5.11 Å². The Morgan fingerprint density at radius 1 is 1.10 bits per heavy atom. The fourth-order valence-electron chi connectivity index (χ4n) is 2.15. The van der Waals surface area contributed by atoms with Gasteiger partial charge in [0.25, 0.3) is 5.89 Å². The Hall–Kier alpha value is -3.15. The number of pyridine rings is 1. The summed E-state index contributed by atoms with van der Waals surface area (Å²) in [6.45, 7) is 0. The number of hydrogen-bond acceptors (Lipinski definition) is 6. The number of aromatic hydroxyl groups is 1. The highest BCUT2D eigenvalue weighted by Gasteiger charge is 2.15. The molecule has 0 saturated carbocycles. The maximum atomic E-state index is 9.44. The second kappa shape index (κ2) is 4.45. The Balaban J connectivity index is 1.81. The molecule has 0 radical (unpaired) electrons. The zero-order chi connectivity index (χ0) is 14.2. The summed E-state index contributed by atoms with van der Waals surface area (Å²) in [6, 6.07) is 9.13. The molecule has 4 aromatic rings. The number of nitrogens with zero attached hydrogens (tertiary/aromatic N) is 3. The number of aromatic nitrogens is 3. The number of benzene rings is 1. The van der Waals surface area contributed by atoms with Gasteiger partial charge in [-0.15, -0.1) is 0 Å². The van der Waals surface area contributed by atoms with Gasteiger partial charge < -0.3 is 14.0 Å². The van der Waals surface area contributed by atoms with Crippen LogP contribution < -0.4 is 0 Å². The molecule has 3 aromatic heterocycles. The quantitative estimate of drug-likeness (QED) is 0.606. The van der Waals surface area contributed by atoms with Gasteiger partial charge in [0.1, 0.15) is 17.6 Å². The number of para-hydroxylation sites is 1. The molecule has 1 N–H and O–H groups in total. The molecule has 0 fully saturated rings. The van der Waals surface area contributed by atoms with E-state index in [1.54, 1.807) is 12.5 Å². The van der Waals surface area contributed by atoms with Gasteiger partial charge in [-0.25, -0.2) is 0 Å². The predicted octanol–water partition coefficient (Wildman–Crippen LogP) is 3.25. The first-order valence-corrected chi connectivity index (χ1v) is 6.26. The zero-order valence-corrected chi connectivity index (χ0v) is 10.7. The molecular weight excluding hydrogens is 270 g/mol. The van der Waals surface area contributed by atoms with Crippen molar-refractivity contribution in [2.75, 3.05) is 0 Å². The first-order valence-electron chi connectivity index (χ1n) is 6.26. The van der Waals surface area contributed by atoms with Gasteiger partial charge in [-0.2, -0.15) is 4.98 Å². The van der Waals surface area contributed by atoms with Crippen LogP contribution in [0.15, 0.2) is 57.9 Å². The third-order valence-corrected chi connectivity index (χ3v) is 3.12. The molecule has 6 nitrogen and oxygen atoms in total. The lowest BCUT2D eigenvalue weighted by Gasteiger charge is -1.93. The molecule has 0 atom stereocenters. The average Bonchev–Trinajstić information content (AvgIpc) is 3.14. The monoisotopic (exact) mass is 279 g/mol. The van der Waals surface area contributed by atoms with E-state index in [0.717, 1.165) is 16.5 Å². The summed E-state index contributed by atoms with van der Waals surface area (Å²) in [5.41, 5.74) is 2.08. The van der Waals surface area contributed by atoms with Gasteiger partial charge in [0.05, 0.1) is 17.3 Å². The number of fused-ring (bicyclic) bond motifs is 1. The van der Waals surface area contributed by atoms with Crippen molar-refractivity contribution in [2.45, 2.75) is 0 Å². The Morgan fingerprint density at radius 3 is 2.90 bits per heavy atom. The number of furan rings is 1. The molecule has 0 unspecified atom stereocenters. The van der Waals surface area contributed by atoms with Crippen LogP contribution in [-0.2, 0) is 0 Å². The summed E-state index contributed by atoms with van der Waals surface area (Å²) in [7, 11) is 0. The van der Waals surface area contributed by atoms with Crippen LogP contribution >= 0.6 is 0 Å². The molecular formula is C15H9N3O3. The summed E-state index contributed by atoms with van der Waals surface area (Å²) in [6.07, 6.45) is 4.48. The molecule has 3 heterocycles. The first-order chi connectivity index (χ1) is 10.3. The number of rotatable bonds is 2. The molecule has 0 saturated heterocycles. The van der Waals surface area contributed by atoms with Crippen LogP contribution in [0.2, 0.25) is 0 Å². The molecule has 21 heavy (non-hydrogen) atoms. The van der Waals surface area contributed by atoms with Crippen LogP contribution in [0.25, 0.3) is 33.8 Å². The van der Waals surface area contributed by atoms with Crippen LogP contribution in [-0.4, -0.2) is 20.2 Å². The lowest BCUT2D eigenvalue weighted by molar-refractivity contribution is 0.431. The van der Waals surface area contributed by atoms with E-state index in [4.69, 9.17) is 8.94 Å². The molecule has 6 heteroatoms. The lowest BCUT2D eigenvalue weighted by Crippen LogP contribution is -1.81. The van der Waals surface area contributed by atoms with Crippen molar-refractivity contribution in [1.29, 1.82) is 0 Å². The SMILES string of the molecule is Oc1cncc(-c2nc(-c3coc4ccccc34)no2)c1. The second-order valence-corrected chi connectivity index (χ2v) is 4.50. The summed E-state index contributed by atoms with van der Waals surface area (Å²) < 4.78 is 10.7. The molecule has 0 bridgehead atoms. The minimum absolute atomic E-state index is 0.0426. The van der Waals surface area contributed by atoms with Crippen LogP contribution in [0.4, 0.5) is 0 Å². The fourth-order valence-corrected chi connectivity index (χ4v) is 2.15. The van der Waals surface area contributed by atoms with Gasteiger partial charge in [-0.05, 0) is 12.1 Å². The lowest BCUT2D eigenvalue weighted by atomic mass is 10.2. The van der Waals surface area contributed by atoms with Gasteiger partial charge >= 0.3 is 0 Å². The van der Waals surface area contributed by atoms with Crippen molar-refractivity contribution in [3.8, 4) is 28.6 Å². The normalized spacial score (nSPS) is 11.0. The smallest absolute Gasteiger partial charge is 0.259 e. The van der Waals surface area contributed by atoms with Crippen molar-refractivity contribution >= 4 is 11.0 Å². The average molecular weight is 279 g/mol. The first kappa shape index (κ1) is 11.7. The predicted molar refractivity (Wildman–Crippen MR) is 74.4 cm³/mol. The fraction of sp³-hybridized carbons (Fsp3) is 0. The van der Waals surface area contributed by atoms with E-state index >= 15 is 0 Å². The summed E-state index contributed by atoms with van der Waals surface area (Å²) in [4.78, 5) is 8.21. The summed E-state index contributed by atoms with van der Waals surface area (Å²) >= 11 is 0. The minimum atomic E-state index is 0.0426. The van der Waals surface area contributed by atoms with Crippen molar-refractivity contribution in [3.05, 3.63) is 49.0 Å². The van der Waals surface area contributed by atoms with Gasteiger partial charge in [-0.1, -0.05) is 23.4 Å². The number of hydrogen-bond donors (Lipinski definition) is 1. The second-order valence-electron chi connectivity index (χ2n) is 4.50. The molecule has 4 rings (SSSR count).